The van der Waals surface area contributed by atoms with Gasteiger partial charge < -0.3 is 10.4 Å². The van der Waals surface area contributed by atoms with Crippen molar-refractivity contribution in [3.63, 3.8) is 0 Å². The van der Waals surface area contributed by atoms with Gasteiger partial charge in [-0.1, -0.05) is 12.8 Å². The summed E-state index contributed by atoms with van der Waals surface area (Å²) in [6, 6.07) is 2.14. The molecule has 1 aromatic heterocycles. The van der Waals surface area contributed by atoms with Crippen LogP contribution in [0.1, 0.15) is 32.1 Å². The lowest BCUT2D eigenvalue weighted by Gasteiger charge is -2.07. The summed E-state index contributed by atoms with van der Waals surface area (Å²) in [6.45, 7) is 0.134. The first-order chi connectivity index (χ1) is 10.9. The van der Waals surface area contributed by atoms with Gasteiger partial charge in [0.15, 0.2) is 0 Å². The van der Waals surface area contributed by atoms with Gasteiger partial charge in [0.05, 0.1) is 11.1 Å². The number of aliphatic carboxylic acids is 1. The molecule has 0 aromatic carbocycles. The van der Waals surface area contributed by atoms with Crippen molar-refractivity contribution >= 4 is 17.6 Å². The van der Waals surface area contributed by atoms with Crippen molar-refractivity contribution < 1.29 is 19.6 Å². The van der Waals surface area contributed by atoms with Crippen molar-refractivity contribution in [1.29, 1.82) is 0 Å². The van der Waals surface area contributed by atoms with Crippen LogP contribution in [-0.2, 0) is 16.1 Å². The highest BCUT2D eigenvalue weighted by atomic mass is 16.6. The molecule has 0 unspecified atom stereocenters. The molecule has 0 bridgehead atoms. The van der Waals surface area contributed by atoms with E-state index in [0.29, 0.717) is 19.4 Å². The molecular weight excluding hydrogens is 306 g/mol. The van der Waals surface area contributed by atoms with Gasteiger partial charge in [-0.25, -0.2) is 0 Å². The van der Waals surface area contributed by atoms with Crippen molar-refractivity contribution in [1.82, 2.24) is 9.88 Å². The first-order valence-corrected chi connectivity index (χ1v) is 7.23. The van der Waals surface area contributed by atoms with Gasteiger partial charge in [-0.2, -0.15) is 0 Å². The number of aromatic nitrogens is 1. The number of carboxylic acids is 1. The Morgan fingerprint density at radius 2 is 1.91 bits per heavy atom. The third-order valence-corrected chi connectivity index (χ3v) is 3.13. The second-order valence-corrected chi connectivity index (χ2v) is 5.02. The number of carbonyl (C=O) groups excluding carboxylic acids is 1. The molecule has 1 amide bonds. The molecule has 0 radical (unpaired) electrons. The van der Waals surface area contributed by atoms with Crippen LogP contribution in [0.15, 0.2) is 23.1 Å². The van der Waals surface area contributed by atoms with Gasteiger partial charge in [0.2, 0.25) is 5.91 Å². The maximum atomic E-state index is 11.7. The molecule has 23 heavy (non-hydrogen) atoms. The average molecular weight is 325 g/mol. The highest BCUT2D eigenvalue weighted by molar-refractivity contribution is 5.75. The lowest BCUT2D eigenvalue weighted by molar-refractivity contribution is -0.385. The predicted octanol–water partition coefficient (Wildman–Crippen LogP) is 0.908. The van der Waals surface area contributed by atoms with Gasteiger partial charge in [0.25, 0.3) is 11.2 Å². The van der Waals surface area contributed by atoms with E-state index < -0.39 is 22.4 Å². The minimum absolute atomic E-state index is 0.141. The summed E-state index contributed by atoms with van der Waals surface area (Å²) in [4.78, 5) is 43.6. The number of hydrogen-bond acceptors (Lipinski definition) is 5. The molecule has 1 rings (SSSR count). The van der Waals surface area contributed by atoms with Crippen molar-refractivity contribution in [2.75, 3.05) is 6.54 Å². The molecule has 0 fully saturated rings. The van der Waals surface area contributed by atoms with Crippen LogP contribution in [0.4, 0.5) is 5.69 Å². The molecule has 0 atom stereocenters. The number of amides is 1. The van der Waals surface area contributed by atoms with Crippen LogP contribution in [0.25, 0.3) is 0 Å². The molecular formula is C14H19N3O6. The Kier molecular flexibility index (Phi) is 7.44. The minimum Gasteiger partial charge on any atom is -0.481 e. The topological polar surface area (TPSA) is 132 Å². The lowest BCUT2D eigenvalue weighted by atomic mass is 10.1. The fraction of sp³-hybridized carbons (Fsp3) is 0.500. The molecule has 0 aliphatic carbocycles. The van der Waals surface area contributed by atoms with Gasteiger partial charge >= 0.3 is 5.97 Å². The molecule has 0 aliphatic rings. The van der Waals surface area contributed by atoms with Crippen molar-refractivity contribution in [3.05, 3.63) is 38.8 Å². The van der Waals surface area contributed by atoms with E-state index in [4.69, 9.17) is 5.11 Å². The van der Waals surface area contributed by atoms with E-state index in [1.807, 2.05) is 0 Å². The number of carboxylic acid groups (broad SMARTS) is 1. The predicted molar refractivity (Wildman–Crippen MR) is 81.1 cm³/mol. The Bertz CT molecular complexity index is 625. The maximum absolute atomic E-state index is 11.7. The average Bonchev–Trinajstić information content (AvgIpc) is 2.48. The van der Waals surface area contributed by atoms with E-state index in [9.17, 15) is 24.5 Å². The molecule has 2 N–H and O–H groups in total. The fourth-order valence-electron chi connectivity index (χ4n) is 1.94. The van der Waals surface area contributed by atoms with Crippen LogP contribution in [0.5, 0.6) is 0 Å². The molecule has 0 spiro atoms. The van der Waals surface area contributed by atoms with Gasteiger partial charge in [0.1, 0.15) is 6.54 Å². The van der Waals surface area contributed by atoms with Crippen LogP contribution >= 0.6 is 0 Å². The fourth-order valence-corrected chi connectivity index (χ4v) is 1.94. The molecule has 1 heterocycles. The highest BCUT2D eigenvalue weighted by Crippen LogP contribution is 2.06. The number of pyridine rings is 1. The summed E-state index contributed by atoms with van der Waals surface area (Å²) in [5.74, 6) is -1.22. The maximum Gasteiger partial charge on any atom is 0.303 e. The first kappa shape index (κ1) is 18.3. The van der Waals surface area contributed by atoms with E-state index in [-0.39, 0.29) is 18.7 Å². The first-order valence-electron chi connectivity index (χ1n) is 7.23. The van der Waals surface area contributed by atoms with Crippen molar-refractivity contribution in [2.45, 2.75) is 38.6 Å². The Hall–Kier alpha value is -2.71. The largest absolute Gasteiger partial charge is 0.481 e. The van der Waals surface area contributed by atoms with Crippen LogP contribution in [0, 0.1) is 10.1 Å². The second kappa shape index (κ2) is 9.34. The molecule has 0 aliphatic heterocycles. The summed E-state index contributed by atoms with van der Waals surface area (Å²) in [5.41, 5.74) is -0.741. The number of nitrogens with one attached hydrogen (secondary N) is 1. The number of rotatable bonds is 10. The van der Waals surface area contributed by atoms with Crippen LogP contribution < -0.4 is 10.9 Å². The quantitative estimate of drug-likeness (QED) is 0.373. The number of unbranched alkanes of at least 4 members (excludes halogenated alkanes) is 3. The van der Waals surface area contributed by atoms with E-state index in [1.165, 1.54) is 0 Å². The van der Waals surface area contributed by atoms with E-state index in [1.54, 1.807) is 0 Å². The summed E-state index contributed by atoms with van der Waals surface area (Å²) in [6.07, 6.45) is 4.05. The van der Waals surface area contributed by atoms with Crippen LogP contribution in [0.2, 0.25) is 0 Å². The Labute approximate surface area is 132 Å². The zero-order valence-corrected chi connectivity index (χ0v) is 12.6. The second-order valence-electron chi connectivity index (χ2n) is 5.02. The summed E-state index contributed by atoms with van der Waals surface area (Å²) < 4.78 is 0.986. The van der Waals surface area contributed by atoms with Crippen molar-refractivity contribution in [3.8, 4) is 0 Å². The van der Waals surface area contributed by atoms with Gasteiger partial charge in [0, 0.05) is 25.1 Å². The number of hydrogen-bond donors (Lipinski definition) is 2. The zero-order valence-electron chi connectivity index (χ0n) is 12.6. The highest BCUT2D eigenvalue weighted by Gasteiger charge is 2.10. The van der Waals surface area contributed by atoms with E-state index in [2.05, 4.69) is 5.32 Å². The van der Waals surface area contributed by atoms with Crippen LogP contribution in [0.3, 0.4) is 0 Å². The Balaban J connectivity index is 2.32. The normalized spacial score (nSPS) is 10.3. The molecule has 9 nitrogen and oxygen atoms in total. The summed E-state index contributed by atoms with van der Waals surface area (Å²) >= 11 is 0. The number of carbonyl (C=O) groups is 2. The zero-order chi connectivity index (χ0) is 17.2. The molecule has 0 saturated carbocycles. The van der Waals surface area contributed by atoms with Crippen molar-refractivity contribution in [2.24, 2.45) is 0 Å². The van der Waals surface area contributed by atoms with Gasteiger partial charge in [-0.3, -0.25) is 29.1 Å². The third kappa shape index (κ3) is 7.21. The Morgan fingerprint density at radius 3 is 2.57 bits per heavy atom. The molecule has 1 aromatic rings. The standard InChI is InChI=1S/C14H19N3O6/c18-12(15-8-4-2-1-3-5-14(20)21)10-16-9-11(17(22)23)6-7-13(16)19/h6-7,9H,1-5,8,10H2,(H,15,18)(H,20,21). The SMILES string of the molecule is O=C(O)CCCCCCNC(=O)Cn1cc([N+](=O)[O-])ccc1=O. The third-order valence-electron chi connectivity index (χ3n) is 3.13. The van der Waals surface area contributed by atoms with Gasteiger partial charge in [-0.05, 0) is 12.8 Å². The summed E-state index contributed by atoms with van der Waals surface area (Å²) in [5, 5.41) is 21.7. The lowest BCUT2D eigenvalue weighted by Crippen LogP contribution is -2.32. The van der Waals surface area contributed by atoms with E-state index >= 15 is 0 Å². The molecule has 0 saturated heterocycles. The number of nitro groups is 1. The molecule has 126 valence electrons. The van der Waals surface area contributed by atoms with E-state index in [0.717, 1.165) is 35.7 Å². The number of nitrogens with zero attached hydrogens (tertiary/aromatic N) is 2. The Morgan fingerprint density at radius 1 is 1.22 bits per heavy atom. The van der Waals surface area contributed by atoms with Crippen LogP contribution in [-0.4, -0.2) is 33.0 Å². The van der Waals surface area contributed by atoms with Gasteiger partial charge in [-0.15, -0.1) is 0 Å². The molecule has 9 heteroatoms. The monoisotopic (exact) mass is 325 g/mol. The minimum atomic E-state index is -0.819. The summed E-state index contributed by atoms with van der Waals surface area (Å²) in [7, 11) is 0. The smallest absolute Gasteiger partial charge is 0.303 e.